The molecular formula is C52H32N4. The number of pyridine rings is 1. The summed E-state index contributed by atoms with van der Waals surface area (Å²) in [4.78, 5) is 10.7. The van der Waals surface area contributed by atoms with E-state index >= 15 is 0 Å². The maximum atomic E-state index is 5.43. The van der Waals surface area contributed by atoms with E-state index in [0.29, 0.717) is 5.82 Å². The van der Waals surface area contributed by atoms with Crippen LogP contribution in [0.5, 0.6) is 0 Å². The van der Waals surface area contributed by atoms with Gasteiger partial charge in [0, 0.05) is 54.7 Å². The van der Waals surface area contributed by atoms with Gasteiger partial charge in [-0.2, -0.15) is 0 Å². The van der Waals surface area contributed by atoms with Crippen molar-refractivity contribution in [1.29, 1.82) is 0 Å². The molecule has 12 rings (SSSR count). The Morgan fingerprint density at radius 2 is 0.946 bits per heavy atom. The van der Waals surface area contributed by atoms with Gasteiger partial charge in [-0.15, -0.1) is 0 Å². The molecule has 4 nitrogen and oxygen atoms in total. The number of aromatic nitrogens is 4. The van der Waals surface area contributed by atoms with Crippen LogP contribution < -0.4 is 0 Å². The number of hydrogen-bond acceptors (Lipinski definition) is 2. The van der Waals surface area contributed by atoms with Gasteiger partial charge in [0.25, 0.3) is 0 Å². The molecule has 0 saturated heterocycles. The van der Waals surface area contributed by atoms with Crippen LogP contribution in [0.15, 0.2) is 194 Å². The molecule has 260 valence electrons. The predicted molar refractivity (Wildman–Crippen MR) is 234 cm³/mol. The molecule has 0 fully saturated rings. The summed E-state index contributed by atoms with van der Waals surface area (Å²) in [6.45, 7) is 0. The lowest BCUT2D eigenvalue weighted by Gasteiger charge is -2.12. The Kier molecular flexibility index (Phi) is 6.60. The van der Waals surface area contributed by atoms with Gasteiger partial charge in [0.05, 0.1) is 38.8 Å². The van der Waals surface area contributed by atoms with Crippen molar-refractivity contribution in [3.63, 3.8) is 0 Å². The Balaban J connectivity index is 1.12. The van der Waals surface area contributed by atoms with Gasteiger partial charge in [-0.3, -0.25) is 0 Å². The first-order valence-corrected chi connectivity index (χ1v) is 19.1. The molecule has 56 heavy (non-hydrogen) atoms. The number of hydrogen-bond donors (Lipinski definition) is 0. The Hall–Kier alpha value is -7.56. The Bertz CT molecular complexity index is 3520. The van der Waals surface area contributed by atoms with Crippen LogP contribution in [0.3, 0.4) is 0 Å². The first-order chi connectivity index (χ1) is 27.8. The summed E-state index contributed by atoms with van der Waals surface area (Å²) in [6.07, 6.45) is 0. The largest absolute Gasteiger partial charge is 0.309 e. The highest BCUT2D eigenvalue weighted by molar-refractivity contribution is 6.22. The van der Waals surface area contributed by atoms with Gasteiger partial charge in [0.1, 0.15) is 0 Å². The van der Waals surface area contributed by atoms with E-state index in [9.17, 15) is 0 Å². The second kappa shape index (κ2) is 12.0. The first kappa shape index (κ1) is 30.9. The topological polar surface area (TPSA) is 35.1 Å². The van der Waals surface area contributed by atoms with Gasteiger partial charge in [0.15, 0.2) is 5.82 Å². The van der Waals surface area contributed by atoms with Crippen LogP contribution >= 0.6 is 0 Å². The summed E-state index contributed by atoms with van der Waals surface area (Å²) in [7, 11) is 0. The molecule has 0 atom stereocenters. The molecular weight excluding hydrogens is 681 g/mol. The number of nitrogens with zero attached hydrogens (tertiary/aromatic N) is 4. The average Bonchev–Trinajstić information content (AvgIpc) is 3.80. The lowest BCUT2D eigenvalue weighted by atomic mass is 9.98. The summed E-state index contributed by atoms with van der Waals surface area (Å²) < 4.78 is 4.81. The third kappa shape index (κ3) is 4.47. The molecule has 4 heteroatoms. The van der Waals surface area contributed by atoms with E-state index < -0.39 is 0 Å². The number of para-hydroxylation sites is 4. The molecule has 0 aliphatic heterocycles. The van der Waals surface area contributed by atoms with Gasteiger partial charge in [-0.05, 0) is 59.5 Å². The van der Waals surface area contributed by atoms with E-state index in [0.717, 1.165) is 38.9 Å². The normalized spacial score (nSPS) is 11.9. The van der Waals surface area contributed by atoms with Gasteiger partial charge in [0.2, 0.25) is 0 Å². The van der Waals surface area contributed by atoms with Gasteiger partial charge in [-0.1, -0.05) is 146 Å². The molecule has 4 aromatic heterocycles. The van der Waals surface area contributed by atoms with Gasteiger partial charge in [-0.25, -0.2) is 9.97 Å². The maximum Gasteiger partial charge on any atom is 0.160 e. The minimum atomic E-state index is 0.703. The Labute approximate surface area is 322 Å². The Morgan fingerprint density at radius 1 is 0.339 bits per heavy atom. The zero-order chi connectivity index (χ0) is 36.7. The highest BCUT2D eigenvalue weighted by Crippen LogP contribution is 2.44. The van der Waals surface area contributed by atoms with Gasteiger partial charge < -0.3 is 8.97 Å². The summed E-state index contributed by atoms with van der Waals surface area (Å²) in [5.74, 6) is 0.703. The minimum Gasteiger partial charge on any atom is -0.309 e. The van der Waals surface area contributed by atoms with Crippen molar-refractivity contribution in [2.75, 3.05) is 0 Å². The average molecular weight is 713 g/mol. The maximum absolute atomic E-state index is 5.43. The monoisotopic (exact) mass is 712 g/mol. The molecule has 4 heterocycles. The molecule has 0 bridgehead atoms. The molecule has 8 aromatic carbocycles. The van der Waals surface area contributed by atoms with Crippen LogP contribution in [0.4, 0.5) is 0 Å². The van der Waals surface area contributed by atoms with Crippen molar-refractivity contribution < 1.29 is 0 Å². The summed E-state index contributed by atoms with van der Waals surface area (Å²) in [5, 5.41) is 8.35. The first-order valence-electron chi connectivity index (χ1n) is 19.1. The number of benzene rings is 8. The predicted octanol–water partition coefficient (Wildman–Crippen LogP) is 13.4. The summed E-state index contributed by atoms with van der Waals surface area (Å²) in [5.41, 5.74) is 13.3. The lowest BCUT2D eigenvalue weighted by molar-refractivity contribution is 1.18. The van der Waals surface area contributed by atoms with E-state index in [2.05, 4.69) is 203 Å². The lowest BCUT2D eigenvalue weighted by Crippen LogP contribution is -1.96. The van der Waals surface area contributed by atoms with Crippen LogP contribution in [-0.4, -0.2) is 18.9 Å². The van der Waals surface area contributed by atoms with Crippen molar-refractivity contribution in [1.82, 2.24) is 18.9 Å². The SMILES string of the molecule is c1ccc(-c2c3ccc(-c4nc(-c5ccc6c(c5)c5ccccc5n6-c5ccccc5)c5ccccc5n4)cc3n3c4ccccc4c4ccccc4c23)cc1. The van der Waals surface area contributed by atoms with Crippen LogP contribution in [-0.2, 0) is 0 Å². The van der Waals surface area contributed by atoms with Crippen molar-refractivity contribution in [2.45, 2.75) is 0 Å². The quantitative estimate of drug-likeness (QED) is 0.170. The zero-order valence-corrected chi connectivity index (χ0v) is 30.3. The molecule has 0 aliphatic carbocycles. The fourth-order valence-corrected chi connectivity index (χ4v) is 9.05. The minimum absolute atomic E-state index is 0.703. The van der Waals surface area contributed by atoms with E-state index in [1.165, 1.54) is 65.5 Å². The van der Waals surface area contributed by atoms with Crippen LogP contribution in [0.25, 0.3) is 110 Å². The summed E-state index contributed by atoms with van der Waals surface area (Å²) in [6, 6.07) is 69.5. The Morgan fingerprint density at radius 3 is 1.75 bits per heavy atom. The molecule has 0 N–H and O–H groups in total. The highest BCUT2D eigenvalue weighted by atomic mass is 15.0. The molecule has 0 unspecified atom stereocenters. The smallest absolute Gasteiger partial charge is 0.160 e. The molecule has 0 spiro atoms. The van der Waals surface area contributed by atoms with Crippen molar-refractivity contribution in [2.24, 2.45) is 0 Å². The van der Waals surface area contributed by atoms with Gasteiger partial charge >= 0.3 is 0 Å². The molecule has 0 amide bonds. The van der Waals surface area contributed by atoms with Crippen LogP contribution in [0, 0.1) is 0 Å². The fraction of sp³-hybridized carbons (Fsp3) is 0. The van der Waals surface area contributed by atoms with Crippen molar-refractivity contribution in [3.8, 4) is 39.5 Å². The van der Waals surface area contributed by atoms with Crippen molar-refractivity contribution in [3.05, 3.63) is 194 Å². The van der Waals surface area contributed by atoms with Crippen LogP contribution in [0.2, 0.25) is 0 Å². The third-order valence-electron chi connectivity index (χ3n) is 11.5. The highest BCUT2D eigenvalue weighted by Gasteiger charge is 2.21. The van der Waals surface area contributed by atoms with E-state index in [4.69, 9.17) is 9.97 Å². The molecule has 0 aliphatic rings. The fourth-order valence-electron chi connectivity index (χ4n) is 9.05. The number of fused-ring (bicyclic) bond motifs is 12. The third-order valence-corrected chi connectivity index (χ3v) is 11.5. The van der Waals surface area contributed by atoms with E-state index in [-0.39, 0.29) is 0 Å². The molecule has 0 saturated carbocycles. The summed E-state index contributed by atoms with van der Waals surface area (Å²) >= 11 is 0. The van der Waals surface area contributed by atoms with E-state index in [1.807, 2.05) is 0 Å². The second-order valence-electron chi connectivity index (χ2n) is 14.6. The molecule has 0 radical (unpaired) electrons. The zero-order valence-electron chi connectivity index (χ0n) is 30.3. The standard InChI is InChI=1S/C52H32N4/c1-3-15-33(16-4-1)49-42-29-27-35(32-48(42)56-46-26-14-10-20-38(46)37-19-7-8-22-40(37)51(49)56)52-53-44-24-12-9-23-41(44)50(54-52)34-28-30-47-43(31-34)39-21-11-13-25-45(39)55(47)36-17-5-2-6-18-36/h1-32H. The molecule has 12 aromatic rings. The van der Waals surface area contributed by atoms with Crippen molar-refractivity contribution >= 4 is 70.8 Å². The van der Waals surface area contributed by atoms with Crippen LogP contribution in [0.1, 0.15) is 0 Å². The number of rotatable bonds is 4. The second-order valence-corrected chi connectivity index (χ2v) is 14.6. The van der Waals surface area contributed by atoms with E-state index in [1.54, 1.807) is 0 Å².